The van der Waals surface area contributed by atoms with E-state index < -0.39 is 5.79 Å². The molecule has 0 atom stereocenters. The molecule has 0 unspecified atom stereocenters. The Morgan fingerprint density at radius 1 is 1.00 bits per heavy atom. The number of carbonyl (C=O) groups excluding carboxylic acids is 1. The fraction of sp³-hybridized carbons (Fsp3) is 0.316. The predicted octanol–water partition coefficient (Wildman–Crippen LogP) is 3.80. The van der Waals surface area contributed by atoms with Gasteiger partial charge < -0.3 is 9.47 Å². The second-order valence-corrected chi connectivity index (χ2v) is 5.57. The first kappa shape index (κ1) is 14.9. The lowest BCUT2D eigenvalue weighted by Gasteiger charge is -2.39. The lowest BCUT2D eigenvalue weighted by atomic mass is 9.94. The van der Waals surface area contributed by atoms with E-state index in [-0.39, 0.29) is 5.78 Å². The summed E-state index contributed by atoms with van der Waals surface area (Å²) < 4.78 is 12.0. The van der Waals surface area contributed by atoms with Gasteiger partial charge in [-0.15, -0.1) is 0 Å². The molecule has 0 aromatic heterocycles. The molecule has 0 N–H and O–H groups in total. The summed E-state index contributed by atoms with van der Waals surface area (Å²) in [5.74, 6) is -1.14. The number of ether oxygens (including phenoxy) is 2. The van der Waals surface area contributed by atoms with E-state index >= 15 is 0 Å². The largest absolute Gasteiger partial charge is 0.339 e. The first-order valence-electron chi connectivity index (χ1n) is 7.69. The molecule has 2 aromatic rings. The van der Waals surface area contributed by atoms with Crippen LogP contribution in [-0.4, -0.2) is 19.0 Å². The number of carbonyl (C=O) groups is 1. The van der Waals surface area contributed by atoms with Crippen molar-refractivity contribution in [2.45, 2.75) is 19.1 Å². The molecule has 0 radical (unpaired) electrons. The molecule has 22 heavy (non-hydrogen) atoms. The van der Waals surface area contributed by atoms with Crippen molar-refractivity contribution in [3.8, 4) is 0 Å². The molecule has 0 amide bonds. The number of Topliss-reactive ketones (excluding diaryl/α,β-unsaturated/α-hetero) is 1. The summed E-state index contributed by atoms with van der Waals surface area (Å²) >= 11 is 0. The van der Waals surface area contributed by atoms with Crippen molar-refractivity contribution in [1.29, 1.82) is 0 Å². The summed E-state index contributed by atoms with van der Waals surface area (Å²) in [6, 6.07) is 18.7. The molecule has 1 fully saturated rings. The van der Waals surface area contributed by atoms with Crippen molar-refractivity contribution in [3.05, 3.63) is 71.8 Å². The molecule has 1 saturated heterocycles. The highest BCUT2D eigenvalue weighted by Crippen LogP contribution is 2.36. The van der Waals surface area contributed by atoms with Crippen molar-refractivity contribution in [2.75, 3.05) is 13.2 Å². The molecule has 1 aliphatic rings. The summed E-state index contributed by atoms with van der Waals surface area (Å²) in [5, 5.41) is 0. The minimum absolute atomic E-state index is 0.145. The standard InChI is InChI=1S/C19H20O3/c1-2-15-13-21-19(22-14-15,17-11-7-4-8-12-17)18(20)16-9-5-3-6-10-16/h3-12,15H,2,13-14H2,1H3. The van der Waals surface area contributed by atoms with Gasteiger partial charge in [-0.2, -0.15) is 0 Å². The lowest BCUT2D eigenvalue weighted by molar-refractivity contribution is -0.258. The van der Waals surface area contributed by atoms with Gasteiger partial charge in [0.25, 0.3) is 5.79 Å². The Morgan fingerprint density at radius 2 is 1.55 bits per heavy atom. The molecule has 2 aromatic carbocycles. The van der Waals surface area contributed by atoms with E-state index in [1.54, 1.807) is 12.1 Å². The minimum Gasteiger partial charge on any atom is -0.339 e. The molecule has 3 rings (SSSR count). The first-order valence-corrected chi connectivity index (χ1v) is 7.69. The van der Waals surface area contributed by atoms with Crippen LogP contribution in [0, 0.1) is 5.92 Å². The van der Waals surface area contributed by atoms with E-state index in [1.165, 1.54) is 0 Å². The zero-order valence-electron chi connectivity index (χ0n) is 12.7. The van der Waals surface area contributed by atoms with Gasteiger partial charge in [-0.1, -0.05) is 67.6 Å². The van der Waals surface area contributed by atoms with Gasteiger partial charge in [0.05, 0.1) is 13.2 Å². The summed E-state index contributed by atoms with van der Waals surface area (Å²) in [4.78, 5) is 13.1. The number of benzene rings is 2. The molecule has 3 nitrogen and oxygen atoms in total. The smallest absolute Gasteiger partial charge is 0.261 e. The summed E-state index contributed by atoms with van der Waals surface area (Å²) in [6.45, 7) is 3.17. The molecule has 0 saturated carbocycles. The van der Waals surface area contributed by atoms with Gasteiger partial charge in [-0.3, -0.25) is 4.79 Å². The van der Waals surface area contributed by atoms with Crippen LogP contribution < -0.4 is 0 Å². The van der Waals surface area contributed by atoms with Gasteiger partial charge in [0.2, 0.25) is 5.78 Å². The van der Waals surface area contributed by atoms with Crippen molar-refractivity contribution >= 4 is 5.78 Å². The van der Waals surface area contributed by atoms with Crippen molar-refractivity contribution in [3.63, 3.8) is 0 Å². The van der Waals surface area contributed by atoms with Gasteiger partial charge in [0.15, 0.2) is 0 Å². The van der Waals surface area contributed by atoms with Crippen molar-refractivity contribution in [2.24, 2.45) is 5.92 Å². The zero-order valence-corrected chi connectivity index (χ0v) is 12.7. The quantitative estimate of drug-likeness (QED) is 0.805. The van der Waals surface area contributed by atoms with Gasteiger partial charge in [0.1, 0.15) is 0 Å². The summed E-state index contributed by atoms with van der Waals surface area (Å²) in [6.07, 6.45) is 0.977. The second-order valence-electron chi connectivity index (χ2n) is 5.57. The number of ketones is 1. The SMILES string of the molecule is CCC1COC(C(=O)c2ccccc2)(c2ccccc2)OC1. The highest BCUT2D eigenvalue weighted by Gasteiger charge is 2.46. The van der Waals surface area contributed by atoms with Gasteiger partial charge in [-0.25, -0.2) is 0 Å². The maximum atomic E-state index is 13.1. The van der Waals surface area contributed by atoms with Crippen LogP contribution >= 0.6 is 0 Å². The Balaban J connectivity index is 1.99. The molecule has 1 heterocycles. The Hall–Kier alpha value is -1.97. The average molecular weight is 296 g/mol. The Labute approximate surface area is 130 Å². The zero-order chi connectivity index (χ0) is 15.4. The normalized spacial score (nSPS) is 24.9. The van der Waals surface area contributed by atoms with E-state index in [2.05, 4.69) is 6.92 Å². The molecule has 3 heteroatoms. The Kier molecular flexibility index (Phi) is 4.36. The van der Waals surface area contributed by atoms with Crippen LogP contribution in [0.4, 0.5) is 0 Å². The van der Waals surface area contributed by atoms with Crippen LogP contribution in [0.3, 0.4) is 0 Å². The highest BCUT2D eigenvalue weighted by atomic mass is 16.7. The van der Waals surface area contributed by atoms with Crippen LogP contribution in [0.25, 0.3) is 0 Å². The first-order chi connectivity index (χ1) is 10.8. The molecule has 0 aliphatic carbocycles. The second kappa shape index (κ2) is 6.42. The Bertz CT molecular complexity index is 614. The average Bonchev–Trinajstić information content (AvgIpc) is 2.62. The van der Waals surface area contributed by atoms with Crippen LogP contribution in [0.1, 0.15) is 29.3 Å². The molecule has 114 valence electrons. The third kappa shape index (κ3) is 2.70. The predicted molar refractivity (Wildman–Crippen MR) is 84.6 cm³/mol. The third-order valence-electron chi connectivity index (χ3n) is 4.11. The van der Waals surface area contributed by atoms with Crippen LogP contribution in [0.5, 0.6) is 0 Å². The molecule has 0 bridgehead atoms. The summed E-state index contributed by atoms with van der Waals surface area (Å²) in [7, 11) is 0. The number of rotatable bonds is 4. The topological polar surface area (TPSA) is 35.5 Å². The lowest BCUT2D eigenvalue weighted by Crippen LogP contribution is -2.47. The van der Waals surface area contributed by atoms with Crippen LogP contribution in [0.15, 0.2) is 60.7 Å². The van der Waals surface area contributed by atoms with Gasteiger partial charge >= 0.3 is 0 Å². The monoisotopic (exact) mass is 296 g/mol. The van der Waals surface area contributed by atoms with Crippen molar-refractivity contribution in [1.82, 2.24) is 0 Å². The van der Waals surface area contributed by atoms with Crippen LogP contribution in [0.2, 0.25) is 0 Å². The third-order valence-corrected chi connectivity index (χ3v) is 4.11. The maximum absolute atomic E-state index is 13.1. The molecule has 1 aliphatic heterocycles. The number of hydrogen-bond acceptors (Lipinski definition) is 3. The van der Waals surface area contributed by atoms with E-state index in [4.69, 9.17) is 9.47 Å². The molecular formula is C19H20O3. The van der Waals surface area contributed by atoms with Crippen LogP contribution in [-0.2, 0) is 15.3 Å². The fourth-order valence-electron chi connectivity index (χ4n) is 2.66. The van der Waals surface area contributed by atoms with Gasteiger partial charge in [-0.05, 0) is 6.42 Å². The number of hydrogen-bond donors (Lipinski definition) is 0. The van der Waals surface area contributed by atoms with E-state index in [1.807, 2.05) is 48.5 Å². The van der Waals surface area contributed by atoms with E-state index in [0.717, 1.165) is 12.0 Å². The molecule has 0 spiro atoms. The van der Waals surface area contributed by atoms with E-state index in [0.29, 0.717) is 24.7 Å². The Morgan fingerprint density at radius 3 is 2.09 bits per heavy atom. The maximum Gasteiger partial charge on any atom is 0.261 e. The molecular weight excluding hydrogens is 276 g/mol. The van der Waals surface area contributed by atoms with E-state index in [9.17, 15) is 4.79 Å². The fourth-order valence-corrected chi connectivity index (χ4v) is 2.66. The summed E-state index contributed by atoms with van der Waals surface area (Å²) in [5.41, 5.74) is 1.35. The minimum atomic E-state index is -1.33. The highest BCUT2D eigenvalue weighted by molar-refractivity contribution is 6.02. The van der Waals surface area contributed by atoms with Crippen molar-refractivity contribution < 1.29 is 14.3 Å². The van der Waals surface area contributed by atoms with Gasteiger partial charge in [0, 0.05) is 17.0 Å².